The predicted molar refractivity (Wildman–Crippen MR) is 109 cm³/mol. The molecular formula is C21H23N3O4. The van der Waals surface area contributed by atoms with Crippen molar-refractivity contribution in [1.29, 1.82) is 0 Å². The maximum absolute atomic E-state index is 13.1. The van der Waals surface area contributed by atoms with Gasteiger partial charge in [-0.3, -0.25) is 9.59 Å². The van der Waals surface area contributed by atoms with Crippen LogP contribution in [-0.2, 0) is 0 Å². The molecule has 1 heterocycles. The van der Waals surface area contributed by atoms with Gasteiger partial charge in [0.2, 0.25) is 0 Å². The summed E-state index contributed by atoms with van der Waals surface area (Å²) >= 11 is 0. The molecule has 0 saturated carbocycles. The van der Waals surface area contributed by atoms with Gasteiger partial charge in [-0.05, 0) is 38.5 Å². The number of amides is 1. The van der Waals surface area contributed by atoms with Crippen molar-refractivity contribution in [2.75, 3.05) is 19.5 Å². The van der Waals surface area contributed by atoms with E-state index in [0.717, 1.165) is 5.56 Å². The molecule has 2 aromatic carbocycles. The first kappa shape index (κ1) is 19.4. The van der Waals surface area contributed by atoms with E-state index in [1.54, 1.807) is 43.5 Å². The Kier molecular flexibility index (Phi) is 5.35. The molecule has 1 aromatic heterocycles. The van der Waals surface area contributed by atoms with Crippen molar-refractivity contribution in [3.63, 3.8) is 0 Å². The van der Waals surface area contributed by atoms with Crippen molar-refractivity contribution in [2.24, 2.45) is 0 Å². The third kappa shape index (κ3) is 3.43. The number of hydrogen-bond acceptors (Lipinski definition) is 5. The second-order valence-corrected chi connectivity index (χ2v) is 6.71. The van der Waals surface area contributed by atoms with E-state index < -0.39 is 5.91 Å². The van der Waals surface area contributed by atoms with Crippen molar-refractivity contribution in [3.8, 4) is 11.5 Å². The molecule has 1 amide bonds. The highest BCUT2D eigenvalue weighted by Crippen LogP contribution is 2.33. The van der Waals surface area contributed by atoms with Crippen LogP contribution < -0.4 is 20.3 Å². The van der Waals surface area contributed by atoms with E-state index in [1.807, 2.05) is 20.8 Å². The number of hydrogen-bond donors (Lipinski definition) is 1. The normalized spacial score (nSPS) is 10.9. The number of aryl methyl sites for hydroxylation is 1. The molecule has 0 saturated heterocycles. The van der Waals surface area contributed by atoms with Crippen LogP contribution in [0.4, 0.5) is 5.69 Å². The number of rotatable bonds is 5. The second kappa shape index (κ2) is 7.72. The smallest absolute Gasteiger partial charge is 0.276 e. The molecule has 0 atom stereocenters. The number of nitrogens with zero attached hydrogens (tertiary/aromatic N) is 2. The lowest BCUT2D eigenvalue weighted by molar-refractivity contribution is 0.102. The van der Waals surface area contributed by atoms with Gasteiger partial charge in [0, 0.05) is 17.1 Å². The highest BCUT2D eigenvalue weighted by molar-refractivity contribution is 6.11. The fourth-order valence-corrected chi connectivity index (χ4v) is 3.02. The van der Waals surface area contributed by atoms with Crippen LogP contribution in [-0.4, -0.2) is 29.9 Å². The number of methoxy groups -OCH3 is 2. The van der Waals surface area contributed by atoms with Crippen LogP contribution in [0.2, 0.25) is 0 Å². The van der Waals surface area contributed by atoms with Gasteiger partial charge < -0.3 is 14.8 Å². The number of carbonyl (C=O) groups is 1. The summed E-state index contributed by atoms with van der Waals surface area (Å²) in [6.07, 6.45) is 0. The summed E-state index contributed by atoms with van der Waals surface area (Å²) in [6, 6.07) is 10.3. The van der Waals surface area contributed by atoms with Crippen LogP contribution >= 0.6 is 0 Å². The number of carbonyl (C=O) groups excluding carboxylic acids is 1. The van der Waals surface area contributed by atoms with Gasteiger partial charge in [0.1, 0.15) is 0 Å². The van der Waals surface area contributed by atoms with Crippen molar-refractivity contribution in [2.45, 2.75) is 26.8 Å². The SMILES string of the molecule is COc1cc(C)c(NC(=O)c2nn(C(C)C)c(=O)c3ccccc23)cc1OC. The van der Waals surface area contributed by atoms with Gasteiger partial charge in [0.05, 0.1) is 25.6 Å². The Labute approximate surface area is 162 Å². The number of nitrogens with one attached hydrogen (secondary N) is 1. The molecule has 0 aliphatic carbocycles. The topological polar surface area (TPSA) is 82.5 Å². The highest BCUT2D eigenvalue weighted by atomic mass is 16.5. The Bertz CT molecular complexity index is 1100. The Morgan fingerprint density at radius 3 is 2.29 bits per heavy atom. The van der Waals surface area contributed by atoms with Crippen LogP contribution in [0.5, 0.6) is 11.5 Å². The third-order valence-electron chi connectivity index (χ3n) is 4.51. The monoisotopic (exact) mass is 381 g/mol. The quantitative estimate of drug-likeness (QED) is 0.731. The van der Waals surface area contributed by atoms with Gasteiger partial charge in [-0.1, -0.05) is 18.2 Å². The number of anilines is 1. The first-order valence-electron chi connectivity index (χ1n) is 8.93. The maximum atomic E-state index is 13.1. The predicted octanol–water partition coefficient (Wildman–Crippen LogP) is 3.56. The van der Waals surface area contributed by atoms with E-state index >= 15 is 0 Å². The molecule has 7 nitrogen and oxygen atoms in total. The van der Waals surface area contributed by atoms with Crippen molar-refractivity contribution in [1.82, 2.24) is 9.78 Å². The summed E-state index contributed by atoms with van der Waals surface area (Å²) in [5, 5.41) is 8.19. The summed E-state index contributed by atoms with van der Waals surface area (Å²) in [4.78, 5) is 25.7. The average molecular weight is 381 g/mol. The van der Waals surface area contributed by atoms with Crippen LogP contribution in [0.3, 0.4) is 0 Å². The highest BCUT2D eigenvalue weighted by Gasteiger charge is 2.19. The first-order valence-corrected chi connectivity index (χ1v) is 8.93. The van der Waals surface area contributed by atoms with Gasteiger partial charge in [-0.15, -0.1) is 0 Å². The Morgan fingerprint density at radius 1 is 1.07 bits per heavy atom. The molecule has 3 aromatic rings. The molecular weight excluding hydrogens is 358 g/mol. The van der Waals surface area contributed by atoms with Crippen molar-refractivity contribution >= 4 is 22.4 Å². The molecule has 0 fully saturated rings. The summed E-state index contributed by atoms with van der Waals surface area (Å²) in [7, 11) is 3.09. The van der Waals surface area contributed by atoms with Crippen LogP contribution in [0.1, 0.15) is 35.9 Å². The maximum Gasteiger partial charge on any atom is 0.276 e. The molecule has 0 aliphatic heterocycles. The zero-order valence-corrected chi connectivity index (χ0v) is 16.6. The van der Waals surface area contributed by atoms with Crippen LogP contribution in [0.25, 0.3) is 10.8 Å². The Balaban J connectivity index is 2.10. The number of ether oxygens (including phenoxy) is 2. The lowest BCUT2D eigenvalue weighted by Gasteiger charge is -2.15. The number of aromatic nitrogens is 2. The minimum atomic E-state index is -0.402. The standard InChI is InChI=1S/C21H23N3O4/c1-12(2)24-21(26)15-9-7-6-8-14(15)19(23-24)20(25)22-16-11-18(28-5)17(27-4)10-13(16)3/h6-12H,1-5H3,(H,22,25). The first-order chi connectivity index (χ1) is 13.4. The molecule has 1 N–H and O–H groups in total. The molecule has 0 aliphatic rings. The van der Waals surface area contributed by atoms with Crippen LogP contribution in [0, 0.1) is 6.92 Å². The van der Waals surface area contributed by atoms with Crippen LogP contribution in [0.15, 0.2) is 41.2 Å². The summed E-state index contributed by atoms with van der Waals surface area (Å²) in [6.45, 7) is 5.56. The van der Waals surface area contributed by atoms with E-state index in [1.165, 1.54) is 11.8 Å². The van der Waals surface area contributed by atoms with Gasteiger partial charge in [-0.25, -0.2) is 4.68 Å². The lowest BCUT2D eigenvalue weighted by atomic mass is 10.1. The molecule has 3 rings (SSSR count). The van der Waals surface area contributed by atoms with Gasteiger partial charge in [-0.2, -0.15) is 5.10 Å². The zero-order chi connectivity index (χ0) is 20.4. The van der Waals surface area contributed by atoms with Crippen molar-refractivity contribution in [3.05, 3.63) is 58.0 Å². The Morgan fingerprint density at radius 2 is 1.68 bits per heavy atom. The molecule has 7 heteroatoms. The average Bonchev–Trinajstić information content (AvgIpc) is 2.69. The fourth-order valence-electron chi connectivity index (χ4n) is 3.02. The zero-order valence-electron chi connectivity index (χ0n) is 16.6. The summed E-state index contributed by atoms with van der Waals surface area (Å²) in [5.41, 5.74) is 1.37. The van der Waals surface area contributed by atoms with E-state index in [4.69, 9.17) is 9.47 Å². The molecule has 146 valence electrons. The van der Waals surface area contributed by atoms with Gasteiger partial charge in [0.25, 0.3) is 11.5 Å². The van der Waals surface area contributed by atoms with Gasteiger partial charge in [0.15, 0.2) is 17.2 Å². The molecule has 0 unspecified atom stereocenters. The van der Waals surface area contributed by atoms with E-state index in [-0.39, 0.29) is 17.3 Å². The van der Waals surface area contributed by atoms with E-state index in [9.17, 15) is 9.59 Å². The molecule has 0 bridgehead atoms. The third-order valence-corrected chi connectivity index (χ3v) is 4.51. The minimum Gasteiger partial charge on any atom is -0.493 e. The molecule has 28 heavy (non-hydrogen) atoms. The Hall–Kier alpha value is -3.35. The van der Waals surface area contributed by atoms with Crippen molar-refractivity contribution < 1.29 is 14.3 Å². The second-order valence-electron chi connectivity index (χ2n) is 6.71. The summed E-state index contributed by atoms with van der Waals surface area (Å²) in [5.74, 6) is 0.684. The molecule has 0 radical (unpaired) electrons. The summed E-state index contributed by atoms with van der Waals surface area (Å²) < 4.78 is 11.9. The minimum absolute atomic E-state index is 0.175. The molecule has 0 spiro atoms. The van der Waals surface area contributed by atoms with E-state index in [2.05, 4.69) is 10.4 Å². The largest absolute Gasteiger partial charge is 0.493 e. The fraction of sp³-hybridized carbons (Fsp3) is 0.286. The number of benzene rings is 2. The lowest BCUT2D eigenvalue weighted by Crippen LogP contribution is -2.29. The van der Waals surface area contributed by atoms with Gasteiger partial charge >= 0.3 is 0 Å². The van der Waals surface area contributed by atoms with E-state index in [0.29, 0.717) is 28.0 Å². The number of fused-ring (bicyclic) bond motifs is 1.